The highest BCUT2D eigenvalue weighted by Crippen LogP contribution is 2.33. The number of nitrogens with one attached hydrogen (secondary N) is 1. The average molecular weight is 306 g/mol. The maximum absolute atomic E-state index is 12.8. The van der Waals surface area contributed by atoms with E-state index in [4.69, 9.17) is 9.57 Å². The van der Waals surface area contributed by atoms with Gasteiger partial charge in [0.1, 0.15) is 18.6 Å². The zero-order valence-corrected chi connectivity index (χ0v) is 12.2. The molecule has 0 bridgehead atoms. The molecule has 0 saturated carbocycles. The fraction of sp³-hybridized carbons (Fsp3) is 0.286. The highest BCUT2D eigenvalue weighted by atomic mass is 16.7. The van der Waals surface area contributed by atoms with Crippen LogP contribution in [-0.2, 0) is 19.3 Å². The number of fused-ring (bicyclic) bond motifs is 1. The van der Waals surface area contributed by atoms with Crippen LogP contribution in [0.5, 0.6) is 5.75 Å². The van der Waals surface area contributed by atoms with Crippen LogP contribution in [0.2, 0.25) is 0 Å². The number of esters is 1. The topological polar surface area (TPSA) is 103 Å². The third-order valence-electron chi connectivity index (χ3n) is 3.03. The number of Topliss-reactive ketones (excluding diaryl/α,β-unsaturated/α-hetero) is 1. The van der Waals surface area contributed by atoms with Crippen LogP contribution in [-0.4, -0.2) is 36.1 Å². The molecular formula is C14H14N2O6. The van der Waals surface area contributed by atoms with Crippen molar-refractivity contribution in [3.63, 3.8) is 0 Å². The van der Waals surface area contributed by atoms with Crippen LogP contribution in [0, 0.1) is 0 Å². The van der Waals surface area contributed by atoms with Crippen LogP contribution in [0.15, 0.2) is 29.4 Å². The van der Waals surface area contributed by atoms with Crippen molar-refractivity contribution in [2.24, 2.45) is 5.16 Å². The predicted octanol–water partition coefficient (Wildman–Crippen LogP) is 0.617. The van der Waals surface area contributed by atoms with Crippen molar-refractivity contribution in [2.75, 3.05) is 7.11 Å². The van der Waals surface area contributed by atoms with E-state index in [1.165, 1.54) is 33.1 Å². The quantitative estimate of drug-likeness (QED) is 0.287. The van der Waals surface area contributed by atoms with Crippen LogP contribution < -0.4 is 10.2 Å². The van der Waals surface area contributed by atoms with Gasteiger partial charge in [-0.1, -0.05) is 17.3 Å². The van der Waals surface area contributed by atoms with Gasteiger partial charge in [-0.15, -0.1) is 0 Å². The molecule has 0 radical (unpaired) electrons. The van der Waals surface area contributed by atoms with Gasteiger partial charge in [0.2, 0.25) is 11.7 Å². The van der Waals surface area contributed by atoms with E-state index in [-0.39, 0.29) is 17.0 Å². The Bertz CT molecular complexity index is 669. The maximum atomic E-state index is 12.8. The van der Waals surface area contributed by atoms with Gasteiger partial charge < -0.3 is 9.57 Å². The molecular weight excluding hydrogens is 292 g/mol. The number of amides is 1. The number of benzene rings is 1. The van der Waals surface area contributed by atoms with Crippen molar-refractivity contribution in [3.8, 4) is 5.75 Å². The zero-order chi connectivity index (χ0) is 16.3. The van der Waals surface area contributed by atoms with E-state index in [0.717, 1.165) is 0 Å². The summed E-state index contributed by atoms with van der Waals surface area (Å²) in [6.07, 6.45) is 0. The average Bonchev–Trinajstić information content (AvgIpc) is 2.47. The van der Waals surface area contributed by atoms with E-state index in [1.54, 1.807) is 12.1 Å². The van der Waals surface area contributed by atoms with Gasteiger partial charge in [0.25, 0.3) is 5.60 Å². The van der Waals surface area contributed by atoms with Gasteiger partial charge in [0.15, 0.2) is 0 Å². The number of para-hydroxylation sites is 1. The molecule has 0 aromatic heterocycles. The number of carbonyl (C=O) groups is 3. The molecule has 1 aliphatic heterocycles. The molecule has 8 heteroatoms. The van der Waals surface area contributed by atoms with E-state index < -0.39 is 23.3 Å². The number of ether oxygens (including phenoxy) is 1. The van der Waals surface area contributed by atoms with Crippen LogP contribution in [0.4, 0.5) is 0 Å². The maximum Gasteiger partial charge on any atom is 0.361 e. The molecule has 22 heavy (non-hydrogen) atoms. The van der Waals surface area contributed by atoms with Gasteiger partial charge >= 0.3 is 5.97 Å². The number of hydrogen-bond acceptors (Lipinski definition) is 7. The first-order valence-electron chi connectivity index (χ1n) is 6.32. The van der Waals surface area contributed by atoms with Gasteiger partial charge in [0, 0.05) is 6.92 Å². The molecule has 8 nitrogen and oxygen atoms in total. The molecule has 1 atom stereocenters. The Morgan fingerprint density at radius 1 is 1.27 bits per heavy atom. The molecule has 1 aliphatic rings. The predicted molar refractivity (Wildman–Crippen MR) is 74.2 cm³/mol. The lowest BCUT2D eigenvalue weighted by Crippen LogP contribution is -2.61. The fourth-order valence-corrected chi connectivity index (χ4v) is 2.02. The van der Waals surface area contributed by atoms with E-state index >= 15 is 0 Å². The lowest BCUT2D eigenvalue weighted by Gasteiger charge is -2.32. The Balaban J connectivity index is 2.57. The molecule has 0 saturated heterocycles. The van der Waals surface area contributed by atoms with Crippen molar-refractivity contribution in [1.82, 2.24) is 5.48 Å². The zero-order valence-electron chi connectivity index (χ0n) is 12.2. The second kappa shape index (κ2) is 5.94. The van der Waals surface area contributed by atoms with Gasteiger partial charge in [-0.05, 0) is 19.1 Å². The molecule has 1 N–H and O–H groups in total. The molecule has 116 valence electrons. The van der Waals surface area contributed by atoms with Gasteiger partial charge in [0.05, 0.1) is 5.56 Å². The molecule has 1 heterocycles. The first-order valence-corrected chi connectivity index (χ1v) is 6.32. The summed E-state index contributed by atoms with van der Waals surface area (Å²) in [6, 6.07) is 6.20. The SMILES string of the molecule is CON=C(C)C1(ONC(C)=O)C(=O)Oc2ccccc2C1=O. The monoisotopic (exact) mass is 306 g/mol. The third-order valence-corrected chi connectivity index (χ3v) is 3.03. The van der Waals surface area contributed by atoms with Crippen LogP contribution in [0.3, 0.4) is 0 Å². The van der Waals surface area contributed by atoms with Crippen molar-refractivity contribution >= 4 is 23.4 Å². The highest BCUT2D eigenvalue weighted by Gasteiger charge is 2.57. The summed E-state index contributed by atoms with van der Waals surface area (Å²) >= 11 is 0. The van der Waals surface area contributed by atoms with Crippen molar-refractivity contribution in [3.05, 3.63) is 29.8 Å². The molecule has 2 rings (SSSR count). The number of ketones is 1. The molecule has 0 aliphatic carbocycles. The number of rotatable bonds is 4. The normalized spacial score (nSPS) is 21.0. The molecule has 1 unspecified atom stereocenters. The van der Waals surface area contributed by atoms with E-state index in [9.17, 15) is 14.4 Å². The lowest BCUT2D eigenvalue weighted by molar-refractivity contribution is -0.161. The third kappa shape index (κ3) is 2.44. The van der Waals surface area contributed by atoms with Gasteiger partial charge in [-0.2, -0.15) is 0 Å². The standard InChI is InChI=1S/C14H14N2O6/c1-8(15-20-3)14(22-16-9(2)17)12(18)10-6-4-5-7-11(10)21-13(14)19/h4-7H,1-3H3,(H,16,17). The summed E-state index contributed by atoms with van der Waals surface area (Å²) in [5.74, 6) is -2.19. The van der Waals surface area contributed by atoms with E-state index in [1.807, 2.05) is 5.48 Å². The Labute approximate surface area is 126 Å². The highest BCUT2D eigenvalue weighted by molar-refractivity contribution is 6.34. The summed E-state index contributed by atoms with van der Waals surface area (Å²) in [6.45, 7) is 2.53. The number of nitrogens with zero attached hydrogens (tertiary/aromatic N) is 1. The number of oxime groups is 1. The Kier molecular flexibility index (Phi) is 4.22. The summed E-state index contributed by atoms with van der Waals surface area (Å²) in [7, 11) is 1.25. The van der Waals surface area contributed by atoms with Crippen molar-refractivity contribution in [1.29, 1.82) is 0 Å². The Morgan fingerprint density at radius 3 is 2.59 bits per heavy atom. The first-order chi connectivity index (χ1) is 10.4. The van der Waals surface area contributed by atoms with Gasteiger partial charge in [-0.3, -0.25) is 9.59 Å². The van der Waals surface area contributed by atoms with Crippen molar-refractivity contribution in [2.45, 2.75) is 19.4 Å². The Morgan fingerprint density at radius 2 is 1.95 bits per heavy atom. The van der Waals surface area contributed by atoms with E-state index in [2.05, 4.69) is 9.99 Å². The van der Waals surface area contributed by atoms with E-state index in [0.29, 0.717) is 0 Å². The minimum atomic E-state index is -2.23. The van der Waals surface area contributed by atoms with Crippen LogP contribution >= 0.6 is 0 Å². The molecule has 1 amide bonds. The minimum Gasteiger partial charge on any atom is -0.423 e. The second-order valence-corrected chi connectivity index (χ2v) is 4.52. The number of hydrogen-bond donors (Lipinski definition) is 1. The summed E-state index contributed by atoms with van der Waals surface area (Å²) in [4.78, 5) is 45.9. The number of carbonyl (C=O) groups excluding carboxylic acids is 3. The van der Waals surface area contributed by atoms with Crippen molar-refractivity contribution < 1.29 is 28.8 Å². The first kappa shape index (κ1) is 15.6. The molecule has 0 spiro atoms. The van der Waals surface area contributed by atoms with Crippen LogP contribution in [0.25, 0.3) is 0 Å². The molecule has 1 aromatic carbocycles. The Hall–Kier alpha value is -2.74. The largest absolute Gasteiger partial charge is 0.423 e. The van der Waals surface area contributed by atoms with Gasteiger partial charge in [-0.25, -0.2) is 15.1 Å². The smallest absolute Gasteiger partial charge is 0.361 e. The summed E-state index contributed by atoms with van der Waals surface area (Å²) < 4.78 is 5.15. The lowest BCUT2D eigenvalue weighted by atomic mass is 9.86. The summed E-state index contributed by atoms with van der Waals surface area (Å²) in [5, 5.41) is 3.59. The fourth-order valence-electron chi connectivity index (χ4n) is 2.02. The minimum absolute atomic E-state index is 0.103. The molecule has 1 aromatic rings. The second-order valence-electron chi connectivity index (χ2n) is 4.52. The van der Waals surface area contributed by atoms with Crippen LogP contribution in [0.1, 0.15) is 24.2 Å². The molecule has 0 fully saturated rings. The number of hydroxylamine groups is 1. The summed E-state index contributed by atoms with van der Waals surface area (Å²) in [5.41, 5.74) is -0.202.